The molecule has 2 aromatic carbocycles. The Balaban J connectivity index is 1.86. The Kier molecular flexibility index (Phi) is 9.10. The number of carboxylic acids is 1. The number of nitrogens with one attached hydrogen (secondary N) is 2. The maximum absolute atomic E-state index is 13.0. The summed E-state index contributed by atoms with van der Waals surface area (Å²) in [5.74, 6) is -0.820. The van der Waals surface area contributed by atoms with Crippen LogP contribution < -0.4 is 10.6 Å². The number of hydrogen-bond acceptors (Lipinski definition) is 7. The number of anilines is 1. The summed E-state index contributed by atoms with van der Waals surface area (Å²) in [6.07, 6.45) is 3.96. The van der Waals surface area contributed by atoms with Gasteiger partial charge >= 0.3 is 5.97 Å². The van der Waals surface area contributed by atoms with Crippen molar-refractivity contribution in [3.05, 3.63) is 65.7 Å². The van der Waals surface area contributed by atoms with Crippen molar-refractivity contribution in [2.45, 2.75) is 17.4 Å². The molecule has 1 heterocycles. The minimum Gasteiger partial charge on any atom is -0.480 e. The van der Waals surface area contributed by atoms with Gasteiger partial charge in [-0.1, -0.05) is 54.3 Å². The molecule has 1 atom stereocenters. The van der Waals surface area contributed by atoms with Gasteiger partial charge in [0, 0.05) is 22.0 Å². The van der Waals surface area contributed by atoms with Crippen molar-refractivity contribution in [1.82, 2.24) is 10.3 Å². The largest absolute Gasteiger partial charge is 0.480 e. The lowest BCUT2D eigenvalue weighted by Crippen LogP contribution is -2.41. The zero-order valence-corrected chi connectivity index (χ0v) is 20.4. The first-order chi connectivity index (χ1) is 15.5. The molecule has 0 aliphatic rings. The van der Waals surface area contributed by atoms with E-state index in [0.717, 1.165) is 10.5 Å². The number of nitrogens with zero attached hydrogens (tertiary/aromatic N) is 1. The zero-order chi connectivity index (χ0) is 22.9. The lowest BCUT2D eigenvalue weighted by atomic mass is 9.99. The Bertz CT molecular complexity index is 1080. The van der Waals surface area contributed by atoms with Crippen LogP contribution in [0.5, 0.6) is 0 Å². The number of amides is 1. The van der Waals surface area contributed by atoms with Crippen molar-refractivity contribution in [3.8, 4) is 11.1 Å². The lowest BCUT2D eigenvalue weighted by molar-refractivity contribution is -0.139. The van der Waals surface area contributed by atoms with Crippen LogP contribution in [0.2, 0.25) is 0 Å². The monoisotopic (exact) mass is 503 g/mol. The van der Waals surface area contributed by atoms with E-state index in [9.17, 15) is 14.7 Å². The number of benzene rings is 2. The summed E-state index contributed by atoms with van der Waals surface area (Å²) in [5.41, 5.74) is 1.98. The van der Waals surface area contributed by atoms with E-state index in [0.29, 0.717) is 32.8 Å². The molecule has 1 aromatic heterocycles. The van der Waals surface area contributed by atoms with Crippen LogP contribution in [-0.4, -0.2) is 44.3 Å². The molecule has 166 valence electrons. The topological polar surface area (TPSA) is 91.3 Å². The molecule has 0 aliphatic heterocycles. The number of aromatic nitrogens is 1. The summed E-state index contributed by atoms with van der Waals surface area (Å²) < 4.78 is 0.541. The van der Waals surface area contributed by atoms with Crippen LogP contribution in [0.1, 0.15) is 16.8 Å². The third-order valence-corrected chi connectivity index (χ3v) is 6.85. The van der Waals surface area contributed by atoms with Crippen LogP contribution in [0.25, 0.3) is 11.1 Å². The number of carbonyl (C=O) groups excluding carboxylic acids is 1. The maximum Gasteiger partial charge on any atom is 0.326 e. The summed E-state index contributed by atoms with van der Waals surface area (Å²) in [5, 5.41) is 17.8. The van der Waals surface area contributed by atoms with Gasteiger partial charge in [-0.25, -0.2) is 9.78 Å². The fraction of sp³-hybridized carbons (Fsp3) is 0.182. The van der Waals surface area contributed by atoms with E-state index in [1.165, 1.54) is 34.9 Å². The van der Waals surface area contributed by atoms with Crippen molar-refractivity contribution in [2.75, 3.05) is 17.3 Å². The Hall–Kier alpha value is -2.40. The molecule has 3 N–H and O–H groups in total. The summed E-state index contributed by atoms with van der Waals surface area (Å²) >= 11 is 9.78. The second-order valence-electron chi connectivity index (χ2n) is 6.57. The van der Waals surface area contributed by atoms with E-state index in [1.807, 2.05) is 48.0 Å². The number of hydrogen-bond donors (Lipinski definition) is 3. The highest BCUT2D eigenvalue weighted by molar-refractivity contribution is 8.23. The molecule has 0 fully saturated rings. The molecule has 0 radical (unpaired) electrons. The normalized spacial score (nSPS) is 11.5. The third-order valence-electron chi connectivity index (χ3n) is 4.39. The molecule has 6 nitrogen and oxygen atoms in total. The van der Waals surface area contributed by atoms with E-state index in [1.54, 1.807) is 18.3 Å². The summed E-state index contributed by atoms with van der Waals surface area (Å²) in [4.78, 5) is 29.6. The van der Waals surface area contributed by atoms with E-state index >= 15 is 0 Å². The number of thiocarbonyl (C=S) groups is 1. The van der Waals surface area contributed by atoms with E-state index in [4.69, 9.17) is 12.2 Å². The van der Waals surface area contributed by atoms with Gasteiger partial charge in [0.2, 0.25) is 0 Å². The van der Waals surface area contributed by atoms with Crippen LogP contribution in [0.15, 0.2) is 65.0 Å². The highest BCUT2D eigenvalue weighted by atomic mass is 32.2. The Morgan fingerprint density at radius 1 is 1.22 bits per heavy atom. The first kappa shape index (κ1) is 24.2. The number of thioether (sulfide) groups is 2. The quantitative estimate of drug-likeness (QED) is 0.270. The van der Waals surface area contributed by atoms with Crippen LogP contribution in [0.4, 0.5) is 5.13 Å². The first-order valence-electron chi connectivity index (χ1n) is 9.58. The smallest absolute Gasteiger partial charge is 0.326 e. The molecule has 0 spiro atoms. The van der Waals surface area contributed by atoms with Crippen LogP contribution in [-0.2, 0) is 4.79 Å². The van der Waals surface area contributed by atoms with Gasteiger partial charge in [0.05, 0.1) is 0 Å². The van der Waals surface area contributed by atoms with Gasteiger partial charge < -0.3 is 15.7 Å². The van der Waals surface area contributed by atoms with Crippen molar-refractivity contribution < 1.29 is 14.7 Å². The van der Waals surface area contributed by atoms with Gasteiger partial charge in [0.1, 0.15) is 10.4 Å². The molecule has 0 bridgehead atoms. The number of rotatable bonds is 9. The molecular formula is C22H21N3O3S4. The SMILES string of the molecule is CSCC[C@H](NC(=O)c1ccc(SC(=S)Nc2nccs2)cc1-c1ccccc1)C(=O)O. The lowest BCUT2D eigenvalue weighted by Gasteiger charge is -2.17. The molecule has 10 heteroatoms. The van der Waals surface area contributed by atoms with E-state index in [-0.39, 0.29) is 0 Å². The Morgan fingerprint density at radius 3 is 2.66 bits per heavy atom. The van der Waals surface area contributed by atoms with Crippen LogP contribution in [0.3, 0.4) is 0 Å². The highest BCUT2D eigenvalue weighted by Crippen LogP contribution is 2.30. The third kappa shape index (κ3) is 6.80. The molecule has 0 unspecified atom stereocenters. The summed E-state index contributed by atoms with van der Waals surface area (Å²) in [7, 11) is 0. The standard InChI is InChI=1S/C22H21N3O3S4/c1-30-11-9-18(20(27)28)24-19(26)16-8-7-15(13-17(16)14-5-3-2-4-6-14)32-22(29)25-21-23-10-12-31-21/h2-8,10,12-13,18H,9,11H2,1H3,(H,24,26)(H,27,28)(H,23,25,29)/t18-/m0/s1. The van der Waals surface area contributed by atoms with E-state index in [2.05, 4.69) is 15.6 Å². The van der Waals surface area contributed by atoms with Crippen molar-refractivity contribution in [1.29, 1.82) is 0 Å². The Labute approximate surface area is 204 Å². The van der Waals surface area contributed by atoms with Gasteiger partial charge in [-0.3, -0.25) is 4.79 Å². The summed E-state index contributed by atoms with van der Waals surface area (Å²) in [6.45, 7) is 0. The second-order valence-corrected chi connectivity index (χ2v) is 10.2. The molecule has 3 aromatic rings. The fourth-order valence-electron chi connectivity index (χ4n) is 2.88. The molecular weight excluding hydrogens is 483 g/mol. The number of aliphatic carboxylic acids is 1. The zero-order valence-electron chi connectivity index (χ0n) is 17.1. The first-order valence-corrected chi connectivity index (χ1v) is 13.1. The van der Waals surface area contributed by atoms with Crippen LogP contribution in [0, 0.1) is 0 Å². The fourth-order valence-corrected chi connectivity index (χ4v) is 5.07. The van der Waals surface area contributed by atoms with Crippen molar-refractivity contribution >= 4 is 68.4 Å². The van der Waals surface area contributed by atoms with Crippen LogP contribution >= 0.6 is 47.1 Å². The molecule has 3 rings (SSSR count). The molecule has 32 heavy (non-hydrogen) atoms. The van der Waals surface area contributed by atoms with E-state index < -0.39 is 17.9 Å². The average Bonchev–Trinajstić information content (AvgIpc) is 3.29. The predicted molar refractivity (Wildman–Crippen MR) is 138 cm³/mol. The van der Waals surface area contributed by atoms with Gasteiger partial charge in [-0.15, -0.1) is 11.3 Å². The minimum absolute atomic E-state index is 0.355. The Morgan fingerprint density at radius 2 is 2.00 bits per heavy atom. The highest BCUT2D eigenvalue weighted by Gasteiger charge is 2.22. The maximum atomic E-state index is 13.0. The molecule has 1 amide bonds. The number of carbonyl (C=O) groups is 2. The molecule has 0 aliphatic carbocycles. The average molecular weight is 504 g/mol. The van der Waals surface area contributed by atoms with Crippen molar-refractivity contribution in [3.63, 3.8) is 0 Å². The van der Waals surface area contributed by atoms with Gasteiger partial charge in [0.15, 0.2) is 5.13 Å². The van der Waals surface area contributed by atoms with Crippen molar-refractivity contribution in [2.24, 2.45) is 0 Å². The molecule has 0 saturated carbocycles. The number of thiazole rings is 1. The predicted octanol–water partition coefficient (Wildman–Crippen LogP) is 5.24. The second kappa shape index (κ2) is 12.0. The van der Waals surface area contributed by atoms with Gasteiger partial charge in [0.25, 0.3) is 5.91 Å². The minimum atomic E-state index is -1.04. The summed E-state index contributed by atoms with van der Waals surface area (Å²) in [6, 6.07) is 14.0. The van der Waals surface area contributed by atoms with Gasteiger partial charge in [-0.05, 0) is 47.8 Å². The van der Waals surface area contributed by atoms with Gasteiger partial charge in [-0.2, -0.15) is 11.8 Å². The molecule has 0 saturated heterocycles. The number of carboxylic acid groups (broad SMARTS) is 1.